The van der Waals surface area contributed by atoms with Crippen LogP contribution in [0.3, 0.4) is 0 Å². The van der Waals surface area contributed by atoms with Gasteiger partial charge in [0.25, 0.3) is 0 Å². The van der Waals surface area contributed by atoms with Crippen molar-refractivity contribution in [2.45, 2.75) is 18.9 Å². The lowest BCUT2D eigenvalue weighted by Gasteiger charge is -2.32. The predicted octanol–water partition coefficient (Wildman–Crippen LogP) is 0.968. The average Bonchev–Trinajstić information content (AvgIpc) is 2.39. The second kappa shape index (κ2) is 5.14. The molecule has 1 aromatic heterocycles. The SMILES string of the molecule is CN(c1cc(C(=O)O)ccn1)C1CCNCC1. The smallest absolute Gasteiger partial charge is 0.335 e. The van der Waals surface area contributed by atoms with Gasteiger partial charge in [-0.2, -0.15) is 0 Å². The summed E-state index contributed by atoms with van der Waals surface area (Å²) in [5.41, 5.74) is 0.288. The molecule has 0 aliphatic carbocycles. The maximum Gasteiger partial charge on any atom is 0.335 e. The molecule has 5 heteroatoms. The molecule has 0 amide bonds. The zero-order chi connectivity index (χ0) is 12.3. The fourth-order valence-corrected chi connectivity index (χ4v) is 2.13. The minimum Gasteiger partial charge on any atom is -0.478 e. The minimum absolute atomic E-state index is 0.288. The molecule has 1 aliphatic heterocycles. The van der Waals surface area contributed by atoms with Crippen LogP contribution >= 0.6 is 0 Å². The van der Waals surface area contributed by atoms with Crippen molar-refractivity contribution in [2.24, 2.45) is 0 Å². The zero-order valence-electron chi connectivity index (χ0n) is 9.89. The Labute approximate surface area is 100 Å². The largest absolute Gasteiger partial charge is 0.478 e. The highest BCUT2D eigenvalue weighted by atomic mass is 16.4. The van der Waals surface area contributed by atoms with Crippen LogP contribution in [0, 0.1) is 0 Å². The summed E-state index contributed by atoms with van der Waals surface area (Å²) >= 11 is 0. The molecule has 1 aliphatic rings. The van der Waals surface area contributed by atoms with Crippen molar-refractivity contribution in [1.82, 2.24) is 10.3 Å². The fraction of sp³-hybridized carbons (Fsp3) is 0.500. The Morgan fingerprint density at radius 2 is 2.24 bits per heavy atom. The van der Waals surface area contributed by atoms with Crippen molar-refractivity contribution in [3.63, 3.8) is 0 Å². The number of aromatic nitrogens is 1. The highest BCUT2D eigenvalue weighted by Crippen LogP contribution is 2.18. The third kappa shape index (κ3) is 2.74. The molecule has 92 valence electrons. The summed E-state index contributed by atoms with van der Waals surface area (Å²) in [4.78, 5) is 17.2. The van der Waals surface area contributed by atoms with E-state index in [-0.39, 0.29) is 5.56 Å². The second-order valence-electron chi connectivity index (χ2n) is 4.30. The molecule has 0 aromatic carbocycles. The second-order valence-corrected chi connectivity index (χ2v) is 4.30. The molecule has 2 N–H and O–H groups in total. The fourth-order valence-electron chi connectivity index (χ4n) is 2.13. The van der Waals surface area contributed by atoms with E-state index in [0.717, 1.165) is 31.7 Å². The first-order valence-electron chi connectivity index (χ1n) is 5.81. The first kappa shape index (κ1) is 11.9. The number of carbonyl (C=O) groups is 1. The molecule has 1 fully saturated rings. The number of pyridine rings is 1. The van der Waals surface area contributed by atoms with Crippen LogP contribution in [0.4, 0.5) is 5.82 Å². The summed E-state index contributed by atoms with van der Waals surface area (Å²) in [6.45, 7) is 2.02. The van der Waals surface area contributed by atoms with Crippen molar-refractivity contribution in [1.29, 1.82) is 0 Å². The number of piperidine rings is 1. The lowest BCUT2D eigenvalue weighted by atomic mass is 10.1. The molecule has 0 atom stereocenters. The van der Waals surface area contributed by atoms with Gasteiger partial charge in [0.05, 0.1) is 5.56 Å². The highest BCUT2D eigenvalue weighted by Gasteiger charge is 2.19. The van der Waals surface area contributed by atoms with E-state index < -0.39 is 5.97 Å². The lowest BCUT2D eigenvalue weighted by Crippen LogP contribution is -2.41. The van der Waals surface area contributed by atoms with Crippen molar-refractivity contribution in [2.75, 3.05) is 25.0 Å². The van der Waals surface area contributed by atoms with Crippen LogP contribution in [0.5, 0.6) is 0 Å². The van der Waals surface area contributed by atoms with Crippen molar-refractivity contribution in [3.05, 3.63) is 23.9 Å². The van der Waals surface area contributed by atoms with E-state index in [1.54, 1.807) is 12.3 Å². The summed E-state index contributed by atoms with van der Waals surface area (Å²) in [6.07, 6.45) is 3.68. The first-order valence-corrected chi connectivity index (χ1v) is 5.81. The van der Waals surface area contributed by atoms with Crippen LogP contribution in [-0.4, -0.2) is 42.2 Å². The molecule has 2 heterocycles. The molecule has 0 bridgehead atoms. The predicted molar refractivity (Wildman–Crippen MR) is 65.5 cm³/mol. The number of hydrogen-bond donors (Lipinski definition) is 2. The molecule has 0 saturated carbocycles. The standard InChI is InChI=1S/C12H17N3O2/c1-15(10-3-5-13-6-4-10)11-8-9(12(16)17)2-7-14-11/h2,7-8,10,13H,3-6H2,1H3,(H,16,17). The van der Waals surface area contributed by atoms with Crippen LogP contribution < -0.4 is 10.2 Å². The number of carboxylic acids is 1. The van der Waals surface area contributed by atoms with Crippen LogP contribution in [-0.2, 0) is 0 Å². The Morgan fingerprint density at radius 1 is 1.53 bits per heavy atom. The summed E-state index contributed by atoms with van der Waals surface area (Å²) in [6, 6.07) is 3.58. The number of rotatable bonds is 3. The van der Waals surface area contributed by atoms with Gasteiger partial charge in [-0.1, -0.05) is 0 Å². The molecule has 2 rings (SSSR count). The van der Waals surface area contributed by atoms with Gasteiger partial charge >= 0.3 is 5.97 Å². The van der Waals surface area contributed by atoms with Gasteiger partial charge in [0.2, 0.25) is 0 Å². The highest BCUT2D eigenvalue weighted by molar-refractivity contribution is 5.88. The molecular formula is C12H17N3O2. The Morgan fingerprint density at radius 3 is 2.88 bits per heavy atom. The van der Waals surface area contributed by atoms with E-state index in [0.29, 0.717) is 6.04 Å². The van der Waals surface area contributed by atoms with Crippen molar-refractivity contribution < 1.29 is 9.90 Å². The Kier molecular flexibility index (Phi) is 3.58. The maximum absolute atomic E-state index is 10.9. The average molecular weight is 235 g/mol. The Hall–Kier alpha value is -1.62. The van der Waals surface area contributed by atoms with Gasteiger partial charge in [0.1, 0.15) is 5.82 Å². The first-order chi connectivity index (χ1) is 8.18. The topological polar surface area (TPSA) is 65.5 Å². The molecule has 5 nitrogen and oxygen atoms in total. The third-order valence-electron chi connectivity index (χ3n) is 3.21. The van der Waals surface area contributed by atoms with Gasteiger partial charge < -0.3 is 15.3 Å². The van der Waals surface area contributed by atoms with Crippen LogP contribution in [0.15, 0.2) is 18.3 Å². The van der Waals surface area contributed by atoms with Gasteiger partial charge in [-0.15, -0.1) is 0 Å². The van der Waals surface area contributed by atoms with Crippen molar-refractivity contribution in [3.8, 4) is 0 Å². The monoisotopic (exact) mass is 235 g/mol. The summed E-state index contributed by atoms with van der Waals surface area (Å²) in [5, 5.41) is 12.3. The molecular weight excluding hydrogens is 218 g/mol. The van der Waals surface area contributed by atoms with Gasteiger partial charge in [-0.05, 0) is 38.1 Å². The number of nitrogens with zero attached hydrogens (tertiary/aromatic N) is 2. The number of aromatic carboxylic acids is 1. The van der Waals surface area contributed by atoms with E-state index in [1.165, 1.54) is 6.07 Å². The van der Waals surface area contributed by atoms with Crippen LogP contribution in [0.2, 0.25) is 0 Å². The molecule has 17 heavy (non-hydrogen) atoms. The normalized spacial score (nSPS) is 16.8. The van der Waals surface area contributed by atoms with Gasteiger partial charge in [-0.3, -0.25) is 0 Å². The van der Waals surface area contributed by atoms with Crippen LogP contribution in [0.1, 0.15) is 23.2 Å². The molecule has 0 unspecified atom stereocenters. The van der Waals surface area contributed by atoms with Gasteiger partial charge in [-0.25, -0.2) is 9.78 Å². The van der Waals surface area contributed by atoms with E-state index in [2.05, 4.69) is 15.2 Å². The number of anilines is 1. The summed E-state index contributed by atoms with van der Waals surface area (Å²) in [5.74, 6) is -0.177. The lowest BCUT2D eigenvalue weighted by molar-refractivity contribution is 0.0697. The quantitative estimate of drug-likeness (QED) is 0.817. The van der Waals surface area contributed by atoms with E-state index >= 15 is 0 Å². The Bertz CT molecular complexity index is 402. The van der Waals surface area contributed by atoms with Crippen molar-refractivity contribution >= 4 is 11.8 Å². The van der Waals surface area contributed by atoms with Gasteiger partial charge in [0.15, 0.2) is 0 Å². The molecule has 1 aromatic rings. The third-order valence-corrected chi connectivity index (χ3v) is 3.21. The van der Waals surface area contributed by atoms with E-state index in [1.807, 2.05) is 7.05 Å². The van der Waals surface area contributed by atoms with E-state index in [4.69, 9.17) is 5.11 Å². The number of carboxylic acid groups (broad SMARTS) is 1. The minimum atomic E-state index is -0.910. The number of nitrogens with one attached hydrogen (secondary N) is 1. The molecule has 0 spiro atoms. The molecule has 0 radical (unpaired) electrons. The zero-order valence-corrected chi connectivity index (χ0v) is 9.89. The van der Waals surface area contributed by atoms with E-state index in [9.17, 15) is 4.79 Å². The Balaban J connectivity index is 2.14. The summed E-state index contributed by atoms with van der Waals surface area (Å²) < 4.78 is 0. The maximum atomic E-state index is 10.9. The number of hydrogen-bond acceptors (Lipinski definition) is 4. The van der Waals surface area contributed by atoms with Gasteiger partial charge in [0, 0.05) is 19.3 Å². The summed E-state index contributed by atoms with van der Waals surface area (Å²) in [7, 11) is 1.98. The van der Waals surface area contributed by atoms with Crippen LogP contribution in [0.25, 0.3) is 0 Å². The molecule has 1 saturated heterocycles.